The first-order chi connectivity index (χ1) is 10.1. The number of hydrogen-bond acceptors (Lipinski definition) is 1. The minimum atomic E-state index is 0.467. The Morgan fingerprint density at radius 2 is 1.43 bits per heavy atom. The first-order valence-corrected chi connectivity index (χ1v) is 8.95. The average molecular weight is 283 g/mol. The number of rotatable bonds is 4. The molecule has 114 valence electrons. The molecule has 0 amide bonds. The van der Waals surface area contributed by atoms with Gasteiger partial charge in [0.05, 0.1) is 0 Å². The van der Waals surface area contributed by atoms with Crippen LogP contribution in [0.2, 0.25) is 0 Å². The molecule has 0 aromatic heterocycles. The number of benzene rings is 1. The summed E-state index contributed by atoms with van der Waals surface area (Å²) in [6.07, 6.45) is 9.11. The van der Waals surface area contributed by atoms with Gasteiger partial charge in [0.15, 0.2) is 0 Å². The molecule has 4 aliphatic rings. The van der Waals surface area contributed by atoms with E-state index in [1.807, 2.05) is 0 Å². The second-order valence-corrected chi connectivity index (χ2v) is 8.30. The summed E-state index contributed by atoms with van der Waals surface area (Å²) in [6.45, 7) is 4.79. The van der Waals surface area contributed by atoms with Crippen molar-refractivity contribution < 1.29 is 0 Å². The van der Waals surface area contributed by atoms with E-state index in [0.29, 0.717) is 17.5 Å². The van der Waals surface area contributed by atoms with E-state index in [2.05, 4.69) is 49.5 Å². The molecule has 0 aliphatic heterocycles. The topological polar surface area (TPSA) is 12.0 Å². The van der Waals surface area contributed by atoms with Gasteiger partial charge in [-0.05, 0) is 81.1 Å². The molecular weight excluding hydrogens is 254 g/mol. The van der Waals surface area contributed by atoms with Crippen LogP contribution in [0.15, 0.2) is 30.3 Å². The summed E-state index contributed by atoms with van der Waals surface area (Å²) in [4.78, 5) is 0. The maximum Gasteiger partial charge on any atom is 0.0294 e. The fraction of sp³-hybridized carbons (Fsp3) is 0.700. The standard InChI is InChI=1S/C20H29N/c1-14(19-6-4-3-5-7-19)21-15(2)20-11-16-8-17(12-20)10-18(9-16)13-20/h3-7,14-18,21H,8-13H2,1-2H3. The zero-order valence-electron chi connectivity index (χ0n) is 13.5. The molecular formula is C20H29N. The monoisotopic (exact) mass is 283 g/mol. The Morgan fingerprint density at radius 1 is 0.905 bits per heavy atom. The molecule has 4 fully saturated rings. The third-order valence-corrected chi connectivity index (χ3v) is 6.80. The first-order valence-electron chi connectivity index (χ1n) is 8.95. The molecule has 1 aromatic carbocycles. The average Bonchev–Trinajstić information content (AvgIpc) is 2.46. The van der Waals surface area contributed by atoms with Crippen molar-refractivity contribution in [3.63, 3.8) is 0 Å². The summed E-state index contributed by atoms with van der Waals surface area (Å²) in [7, 11) is 0. The van der Waals surface area contributed by atoms with Gasteiger partial charge in [0.2, 0.25) is 0 Å². The quantitative estimate of drug-likeness (QED) is 0.825. The van der Waals surface area contributed by atoms with Crippen LogP contribution in [0.3, 0.4) is 0 Å². The van der Waals surface area contributed by atoms with E-state index in [0.717, 1.165) is 17.8 Å². The number of hydrogen-bond donors (Lipinski definition) is 1. The largest absolute Gasteiger partial charge is 0.307 e. The van der Waals surface area contributed by atoms with Crippen molar-refractivity contribution in [3.8, 4) is 0 Å². The molecule has 0 spiro atoms. The molecule has 4 aliphatic carbocycles. The van der Waals surface area contributed by atoms with Crippen LogP contribution < -0.4 is 5.32 Å². The Balaban J connectivity index is 1.49. The summed E-state index contributed by atoms with van der Waals surface area (Å²) in [5.74, 6) is 3.15. The zero-order chi connectivity index (χ0) is 14.4. The third-order valence-electron chi connectivity index (χ3n) is 6.80. The van der Waals surface area contributed by atoms with Gasteiger partial charge in [-0.3, -0.25) is 0 Å². The van der Waals surface area contributed by atoms with E-state index in [1.54, 1.807) is 19.3 Å². The van der Waals surface area contributed by atoms with Gasteiger partial charge in [0, 0.05) is 12.1 Å². The third kappa shape index (κ3) is 2.44. The van der Waals surface area contributed by atoms with Crippen molar-refractivity contribution in [2.75, 3.05) is 0 Å². The Kier molecular flexibility index (Phi) is 3.37. The van der Waals surface area contributed by atoms with E-state index >= 15 is 0 Å². The highest BCUT2D eigenvalue weighted by molar-refractivity contribution is 5.18. The van der Waals surface area contributed by atoms with Crippen LogP contribution in [-0.4, -0.2) is 6.04 Å². The van der Waals surface area contributed by atoms with Gasteiger partial charge in [0.25, 0.3) is 0 Å². The molecule has 1 heteroatoms. The molecule has 0 saturated heterocycles. The second kappa shape index (κ2) is 5.12. The molecule has 0 radical (unpaired) electrons. The first kappa shape index (κ1) is 13.8. The lowest BCUT2D eigenvalue weighted by Gasteiger charge is -2.59. The summed E-state index contributed by atoms with van der Waals surface area (Å²) in [5, 5.41) is 3.95. The highest BCUT2D eigenvalue weighted by atomic mass is 15.0. The van der Waals surface area contributed by atoms with Crippen LogP contribution in [0, 0.1) is 23.2 Å². The van der Waals surface area contributed by atoms with Gasteiger partial charge < -0.3 is 5.32 Å². The van der Waals surface area contributed by atoms with Gasteiger partial charge in [-0.25, -0.2) is 0 Å². The smallest absolute Gasteiger partial charge is 0.0294 e. The lowest BCUT2D eigenvalue weighted by atomic mass is 9.48. The summed E-state index contributed by atoms with van der Waals surface area (Å²) in [5.41, 5.74) is 2.03. The maximum absolute atomic E-state index is 3.95. The van der Waals surface area contributed by atoms with Crippen molar-refractivity contribution >= 4 is 0 Å². The Hall–Kier alpha value is -0.820. The molecule has 1 aromatic rings. The van der Waals surface area contributed by atoms with Crippen LogP contribution >= 0.6 is 0 Å². The van der Waals surface area contributed by atoms with Crippen LogP contribution in [0.1, 0.15) is 64.0 Å². The molecule has 4 saturated carbocycles. The molecule has 2 atom stereocenters. The minimum absolute atomic E-state index is 0.467. The fourth-order valence-corrected chi connectivity index (χ4v) is 6.10. The fourth-order valence-electron chi connectivity index (χ4n) is 6.10. The van der Waals surface area contributed by atoms with Crippen LogP contribution in [0.25, 0.3) is 0 Å². The lowest BCUT2D eigenvalue weighted by Crippen LogP contribution is -2.55. The highest BCUT2D eigenvalue weighted by Gasteiger charge is 2.53. The van der Waals surface area contributed by atoms with Gasteiger partial charge >= 0.3 is 0 Å². The predicted molar refractivity (Wildman–Crippen MR) is 88.1 cm³/mol. The Labute approximate surface area is 129 Å². The Morgan fingerprint density at radius 3 is 1.95 bits per heavy atom. The van der Waals surface area contributed by atoms with Crippen LogP contribution in [-0.2, 0) is 0 Å². The van der Waals surface area contributed by atoms with E-state index < -0.39 is 0 Å². The van der Waals surface area contributed by atoms with E-state index in [9.17, 15) is 0 Å². The van der Waals surface area contributed by atoms with Gasteiger partial charge in [-0.15, -0.1) is 0 Å². The van der Waals surface area contributed by atoms with Gasteiger partial charge in [0.1, 0.15) is 0 Å². The van der Waals surface area contributed by atoms with E-state index in [1.165, 1.54) is 24.8 Å². The maximum atomic E-state index is 3.95. The molecule has 0 heterocycles. The number of nitrogens with one attached hydrogen (secondary N) is 1. The second-order valence-electron chi connectivity index (χ2n) is 8.30. The molecule has 2 unspecified atom stereocenters. The van der Waals surface area contributed by atoms with Crippen LogP contribution in [0.4, 0.5) is 0 Å². The van der Waals surface area contributed by atoms with Gasteiger partial charge in [-0.1, -0.05) is 30.3 Å². The summed E-state index contributed by atoms with van der Waals surface area (Å²) < 4.78 is 0. The highest BCUT2D eigenvalue weighted by Crippen LogP contribution is 2.61. The summed E-state index contributed by atoms with van der Waals surface area (Å²) in [6, 6.07) is 12.0. The molecule has 5 rings (SSSR count). The summed E-state index contributed by atoms with van der Waals surface area (Å²) >= 11 is 0. The zero-order valence-corrected chi connectivity index (χ0v) is 13.5. The van der Waals surface area contributed by atoms with E-state index in [-0.39, 0.29) is 0 Å². The van der Waals surface area contributed by atoms with E-state index in [4.69, 9.17) is 0 Å². The van der Waals surface area contributed by atoms with Crippen molar-refractivity contribution in [3.05, 3.63) is 35.9 Å². The predicted octanol–water partition coefficient (Wildman–Crippen LogP) is 4.94. The van der Waals surface area contributed by atoms with Crippen molar-refractivity contribution in [2.45, 2.75) is 64.5 Å². The van der Waals surface area contributed by atoms with Gasteiger partial charge in [-0.2, -0.15) is 0 Å². The normalized spacial score (nSPS) is 40.2. The van der Waals surface area contributed by atoms with Crippen molar-refractivity contribution in [1.82, 2.24) is 5.32 Å². The minimum Gasteiger partial charge on any atom is -0.307 e. The van der Waals surface area contributed by atoms with Crippen molar-refractivity contribution in [1.29, 1.82) is 0 Å². The molecule has 4 bridgehead atoms. The van der Waals surface area contributed by atoms with Crippen molar-refractivity contribution in [2.24, 2.45) is 23.2 Å². The molecule has 1 N–H and O–H groups in total. The molecule has 21 heavy (non-hydrogen) atoms. The Bertz CT molecular complexity index is 457. The lowest BCUT2D eigenvalue weighted by molar-refractivity contribution is -0.0719. The SMILES string of the molecule is CC(NC(C)C12CC3CC(CC(C3)C1)C2)c1ccccc1. The molecule has 1 nitrogen and oxygen atoms in total. The van der Waals surface area contributed by atoms with Crippen LogP contribution in [0.5, 0.6) is 0 Å².